The summed E-state index contributed by atoms with van der Waals surface area (Å²) < 4.78 is 0.828. The lowest BCUT2D eigenvalue weighted by Gasteiger charge is -2.07. The quantitative estimate of drug-likeness (QED) is 0.612. The average molecular weight is 371 g/mol. The second kappa shape index (κ2) is 6.64. The van der Waals surface area contributed by atoms with E-state index in [9.17, 15) is 19.5 Å². The van der Waals surface area contributed by atoms with Crippen LogP contribution in [0.1, 0.15) is 40.1 Å². The molecule has 0 radical (unpaired) electrons. The number of benzene rings is 1. The summed E-state index contributed by atoms with van der Waals surface area (Å²) in [7, 11) is 0. The van der Waals surface area contributed by atoms with Crippen LogP contribution in [0.2, 0.25) is 0 Å². The number of thiophene rings is 1. The number of hydrogen-bond donors (Lipinski definition) is 3. The fourth-order valence-electron chi connectivity index (χ4n) is 2.76. The summed E-state index contributed by atoms with van der Waals surface area (Å²) in [6.45, 7) is 3.56. The van der Waals surface area contributed by atoms with Crippen LogP contribution in [0.3, 0.4) is 0 Å². The lowest BCUT2D eigenvalue weighted by Crippen LogP contribution is -2.30. The van der Waals surface area contributed by atoms with Gasteiger partial charge in [-0.05, 0) is 31.4 Å². The van der Waals surface area contributed by atoms with E-state index in [1.54, 1.807) is 36.7 Å². The first-order valence-electron chi connectivity index (χ1n) is 7.86. The van der Waals surface area contributed by atoms with Crippen LogP contribution >= 0.6 is 11.3 Å². The molecule has 4 N–H and O–H groups in total. The number of carbonyl (C=O) groups is 3. The number of carbonyl (C=O) groups excluding carboxylic acids is 3. The third-order valence-corrected chi connectivity index (χ3v) is 4.54. The van der Waals surface area contributed by atoms with Gasteiger partial charge in [-0.15, -0.1) is 0 Å². The largest absolute Gasteiger partial charge is 0.494 e. The van der Waals surface area contributed by atoms with Gasteiger partial charge in [0.1, 0.15) is 5.56 Å². The molecule has 2 amide bonds. The van der Waals surface area contributed by atoms with Crippen LogP contribution in [0, 0.1) is 0 Å². The first-order valence-corrected chi connectivity index (χ1v) is 8.80. The number of aromatic nitrogens is 1. The fourth-order valence-corrected chi connectivity index (χ4v) is 3.39. The SMILES string of the molecule is CC(C)NC(=O)c1c(O)n(C(N)=O)c2cc(C(=O)c3ccsc3)ccc12. The zero-order valence-corrected chi connectivity index (χ0v) is 15.0. The number of nitrogens with zero attached hydrogens (tertiary/aromatic N) is 1. The Kier molecular flexibility index (Phi) is 4.52. The summed E-state index contributed by atoms with van der Waals surface area (Å²) in [5, 5.41) is 16.9. The molecule has 3 rings (SSSR count). The second-order valence-corrected chi connectivity index (χ2v) is 6.85. The highest BCUT2D eigenvalue weighted by Crippen LogP contribution is 2.32. The molecule has 0 aliphatic rings. The summed E-state index contributed by atoms with van der Waals surface area (Å²) in [4.78, 5) is 36.8. The number of nitrogens with one attached hydrogen (secondary N) is 1. The van der Waals surface area contributed by atoms with Gasteiger partial charge in [-0.1, -0.05) is 12.1 Å². The lowest BCUT2D eigenvalue weighted by atomic mass is 10.0. The molecule has 0 spiro atoms. The van der Waals surface area contributed by atoms with Crippen molar-refractivity contribution in [1.29, 1.82) is 0 Å². The molecule has 26 heavy (non-hydrogen) atoms. The molecule has 0 unspecified atom stereocenters. The molecule has 0 bridgehead atoms. The fraction of sp³-hybridized carbons (Fsp3) is 0.167. The molecule has 1 aromatic carbocycles. The molecule has 0 saturated heterocycles. The van der Waals surface area contributed by atoms with Gasteiger partial charge in [-0.25, -0.2) is 9.36 Å². The Morgan fingerprint density at radius 2 is 1.92 bits per heavy atom. The van der Waals surface area contributed by atoms with E-state index in [1.165, 1.54) is 23.5 Å². The number of ketones is 1. The molecule has 0 saturated carbocycles. The zero-order chi connectivity index (χ0) is 19.0. The van der Waals surface area contributed by atoms with Crippen molar-refractivity contribution >= 4 is 40.0 Å². The van der Waals surface area contributed by atoms with E-state index >= 15 is 0 Å². The summed E-state index contributed by atoms with van der Waals surface area (Å²) >= 11 is 1.40. The Balaban J connectivity index is 2.20. The van der Waals surface area contributed by atoms with E-state index in [0.29, 0.717) is 16.5 Å². The van der Waals surface area contributed by atoms with Crippen LogP contribution in [0.5, 0.6) is 5.88 Å². The monoisotopic (exact) mass is 371 g/mol. The van der Waals surface area contributed by atoms with Crippen LogP contribution in [0.15, 0.2) is 35.0 Å². The normalized spacial score (nSPS) is 11.0. The van der Waals surface area contributed by atoms with Crippen LogP contribution in [-0.2, 0) is 0 Å². The Hall–Kier alpha value is -3.13. The second-order valence-electron chi connectivity index (χ2n) is 6.07. The molecule has 2 heterocycles. The molecule has 0 aliphatic heterocycles. The van der Waals surface area contributed by atoms with Crippen molar-refractivity contribution in [2.75, 3.05) is 0 Å². The van der Waals surface area contributed by atoms with E-state index in [1.807, 2.05) is 0 Å². The highest BCUT2D eigenvalue weighted by molar-refractivity contribution is 7.08. The number of primary amides is 1. The van der Waals surface area contributed by atoms with E-state index in [-0.39, 0.29) is 22.9 Å². The van der Waals surface area contributed by atoms with Gasteiger partial charge in [-0.2, -0.15) is 11.3 Å². The Morgan fingerprint density at radius 1 is 1.19 bits per heavy atom. The van der Waals surface area contributed by atoms with E-state index < -0.39 is 17.8 Å². The van der Waals surface area contributed by atoms with Crippen molar-refractivity contribution in [3.63, 3.8) is 0 Å². The zero-order valence-electron chi connectivity index (χ0n) is 14.1. The maximum Gasteiger partial charge on any atom is 0.326 e. The summed E-state index contributed by atoms with van der Waals surface area (Å²) in [6, 6.07) is 5.13. The molecule has 7 nitrogen and oxygen atoms in total. The number of aromatic hydroxyl groups is 1. The molecule has 134 valence electrons. The van der Waals surface area contributed by atoms with E-state index in [2.05, 4.69) is 5.32 Å². The maximum absolute atomic E-state index is 12.5. The maximum atomic E-state index is 12.5. The van der Waals surface area contributed by atoms with Gasteiger partial charge in [0, 0.05) is 27.9 Å². The minimum Gasteiger partial charge on any atom is -0.494 e. The predicted octanol–water partition coefficient (Wildman–Crippen LogP) is 2.70. The summed E-state index contributed by atoms with van der Waals surface area (Å²) in [6.07, 6.45) is 0. The van der Waals surface area contributed by atoms with Gasteiger partial charge in [0.15, 0.2) is 5.78 Å². The number of fused-ring (bicyclic) bond motifs is 1. The Morgan fingerprint density at radius 3 is 2.50 bits per heavy atom. The minimum absolute atomic E-state index is 0.0537. The highest BCUT2D eigenvalue weighted by Gasteiger charge is 2.26. The van der Waals surface area contributed by atoms with Gasteiger partial charge >= 0.3 is 6.03 Å². The van der Waals surface area contributed by atoms with E-state index in [0.717, 1.165) is 4.57 Å². The third-order valence-electron chi connectivity index (χ3n) is 3.86. The van der Waals surface area contributed by atoms with E-state index in [4.69, 9.17) is 5.73 Å². The molecule has 3 aromatic rings. The Bertz CT molecular complexity index is 1020. The van der Waals surface area contributed by atoms with Crippen LogP contribution in [-0.4, -0.2) is 33.4 Å². The number of nitrogens with two attached hydrogens (primary N) is 1. The smallest absolute Gasteiger partial charge is 0.326 e. The molecule has 8 heteroatoms. The predicted molar refractivity (Wildman–Crippen MR) is 98.9 cm³/mol. The lowest BCUT2D eigenvalue weighted by molar-refractivity contribution is 0.0941. The molecular formula is C18H17N3O4S. The van der Waals surface area contributed by atoms with Crippen molar-refractivity contribution in [3.05, 3.63) is 51.7 Å². The average Bonchev–Trinajstić information content (AvgIpc) is 3.17. The number of rotatable bonds is 4. The van der Waals surface area contributed by atoms with Crippen molar-refractivity contribution in [1.82, 2.24) is 9.88 Å². The van der Waals surface area contributed by atoms with Crippen LogP contribution in [0.25, 0.3) is 10.9 Å². The molecular weight excluding hydrogens is 354 g/mol. The Labute approximate surface area is 153 Å². The number of amides is 2. The van der Waals surface area contributed by atoms with Gasteiger partial charge in [0.05, 0.1) is 5.52 Å². The number of hydrogen-bond acceptors (Lipinski definition) is 5. The van der Waals surface area contributed by atoms with Crippen molar-refractivity contribution in [3.8, 4) is 5.88 Å². The van der Waals surface area contributed by atoms with Crippen molar-refractivity contribution in [2.45, 2.75) is 19.9 Å². The third kappa shape index (κ3) is 2.95. The van der Waals surface area contributed by atoms with Crippen molar-refractivity contribution < 1.29 is 19.5 Å². The van der Waals surface area contributed by atoms with Crippen LogP contribution < -0.4 is 11.1 Å². The van der Waals surface area contributed by atoms with Crippen molar-refractivity contribution in [2.24, 2.45) is 5.73 Å². The molecule has 0 fully saturated rings. The van der Waals surface area contributed by atoms with Gasteiger partial charge in [-0.3, -0.25) is 9.59 Å². The summed E-state index contributed by atoms with van der Waals surface area (Å²) in [5.74, 6) is -1.30. The highest BCUT2D eigenvalue weighted by atomic mass is 32.1. The van der Waals surface area contributed by atoms with Crippen LogP contribution in [0.4, 0.5) is 4.79 Å². The topological polar surface area (TPSA) is 114 Å². The van der Waals surface area contributed by atoms with Gasteiger partial charge in [0.25, 0.3) is 5.91 Å². The van der Waals surface area contributed by atoms with Gasteiger partial charge in [0.2, 0.25) is 5.88 Å². The first-order chi connectivity index (χ1) is 12.3. The molecule has 0 atom stereocenters. The minimum atomic E-state index is -0.948. The molecule has 2 aromatic heterocycles. The van der Waals surface area contributed by atoms with Gasteiger partial charge < -0.3 is 16.2 Å². The standard InChI is InChI=1S/C18H17N3O4S/c1-9(2)20-16(23)14-12-4-3-10(15(22)11-5-6-26-8-11)7-13(12)21(17(14)24)18(19)25/h3-9,24H,1-2H3,(H2,19,25)(H,20,23). The summed E-state index contributed by atoms with van der Waals surface area (Å²) in [5.41, 5.74) is 6.36. The first kappa shape index (κ1) is 17.7. The molecule has 0 aliphatic carbocycles.